The lowest BCUT2D eigenvalue weighted by Crippen LogP contribution is -2.38. The fourth-order valence-corrected chi connectivity index (χ4v) is 4.61. The summed E-state index contributed by atoms with van der Waals surface area (Å²) in [4.78, 5) is 22.2. The summed E-state index contributed by atoms with van der Waals surface area (Å²) in [5.41, 5.74) is 1.63. The molecule has 0 spiro atoms. The van der Waals surface area contributed by atoms with E-state index in [1.165, 1.54) is 11.3 Å². The van der Waals surface area contributed by atoms with E-state index in [-0.39, 0.29) is 18.3 Å². The Labute approximate surface area is 217 Å². The van der Waals surface area contributed by atoms with E-state index in [4.69, 9.17) is 19.2 Å². The third-order valence-electron chi connectivity index (χ3n) is 5.53. The molecule has 0 saturated heterocycles. The predicted molar refractivity (Wildman–Crippen MR) is 147 cm³/mol. The normalized spacial score (nSPS) is 11.0. The van der Waals surface area contributed by atoms with Crippen LogP contribution in [0.3, 0.4) is 0 Å². The zero-order chi connectivity index (χ0) is 24.5. The SMILES string of the molecule is CCOc1cccc2sc(N(CCN(CC)CC)C(=O)C=Cc3ccc(OC)c(OC)c3)nc12.Cl. The first-order valence-electron chi connectivity index (χ1n) is 11.5. The number of amides is 1. The first kappa shape index (κ1) is 28.4. The smallest absolute Gasteiger partial charge is 0.252 e. The molecular formula is C26H34ClN3O4S. The van der Waals surface area contributed by atoms with Gasteiger partial charge in [0.1, 0.15) is 11.3 Å². The minimum Gasteiger partial charge on any atom is -0.493 e. The van der Waals surface area contributed by atoms with Crippen LogP contribution in [-0.2, 0) is 4.79 Å². The molecule has 0 unspecified atom stereocenters. The fraction of sp³-hybridized carbons (Fsp3) is 0.385. The Bertz CT molecular complexity index is 1130. The van der Waals surface area contributed by atoms with Crippen LogP contribution in [0.1, 0.15) is 26.3 Å². The summed E-state index contributed by atoms with van der Waals surface area (Å²) in [7, 11) is 3.19. The van der Waals surface area contributed by atoms with Gasteiger partial charge in [-0.05, 0) is 55.9 Å². The zero-order valence-electron chi connectivity index (χ0n) is 20.9. The summed E-state index contributed by atoms with van der Waals surface area (Å²) >= 11 is 1.50. The number of methoxy groups -OCH3 is 2. The second-order valence-corrected chi connectivity index (χ2v) is 8.51. The lowest BCUT2D eigenvalue weighted by Gasteiger charge is -2.23. The molecule has 0 saturated carbocycles. The molecule has 0 aliphatic heterocycles. The Morgan fingerprint density at radius 2 is 1.74 bits per heavy atom. The van der Waals surface area contributed by atoms with Gasteiger partial charge in [-0.15, -0.1) is 12.4 Å². The summed E-state index contributed by atoms with van der Waals surface area (Å²) in [6.45, 7) is 9.91. The molecule has 0 aliphatic rings. The van der Waals surface area contributed by atoms with Crippen molar-refractivity contribution in [2.45, 2.75) is 20.8 Å². The molecule has 0 radical (unpaired) electrons. The van der Waals surface area contributed by atoms with Gasteiger partial charge >= 0.3 is 0 Å². The van der Waals surface area contributed by atoms with E-state index in [0.717, 1.165) is 41.2 Å². The maximum atomic E-state index is 13.4. The number of carbonyl (C=O) groups is 1. The number of benzene rings is 2. The van der Waals surface area contributed by atoms with E-state index in [2.05, 4.69) is 18.7 Å². The highest BCUT2D eigenvalue weighted by atomic mass is 35.5. The number of ether oxygens (including phenoxy) is 3. The molecule has 0 fully saturated rings. The third-order valence-corrected chi connectivity index (χ3v) is 6.57. The fourth-order valence-electron chi connectivity index (χ4n) is 3.59. The first-order valence-corrected chi connectivity index (χ1v) is 12.3. The highest BCUT2D eigenvalue weighted by molar-refractivity contribution is 7.22. The van der Waals surface area contributed by atoms with Crippen LogP contribution in [0.5, 0.6) is 17.2 Å². The number of likely N-dealkylation sites (N-methyl/N-ethyl adjacent to an activating group) is 1. The van der Waals surface area contributed by atoms with Crippen LogP contribution in [-0.4, -0.2) is 62.8 Å². The van der Waals surface area contributed by atoms with Gasteiger partial charge in [0.15, 0.2) is 16.6 Å². The van der Waals surface area contributed by atoms with Gasteiger partial charge in [0, 0.05) is 19.2 Å². The Morgan fingerprint density at radius 1 is 1.00 bits per heavy atom. The number of anilines is 1. The van der Waals surface area contributed by atoms with E-state index < -0.39 is 0 Å². The van der Waals surface area contributed by atoms with E-state index in [1.54, 1.807) is 31.3 Å². The molecule has 9 heteroatoms. The molecule has 0 N–H and O–H groups in total. The number of halogens is 1. The first-order chi connectivity index (χ1) is 16.5. The van der Waals surface area contributed by atoms with E-state index in [0.29, 0.717) is 29.8 Å². The van der Waals surface area contributed by atoms with Crippen molar-refractivity contribution >= 4 is 51.1 Å². The van der Waals surface area contributed by atoms with Crippen LogP contribution in [0.15, 0.2) is 42.5 Å². The maximum absolute atomic E-state index is 13.4. The molecule has 3 rings (SSSR count). The van der Waals surface area contributed by atoms with Gasteiger partial charge in [-0.2, -0.15) is 0 Å². The Morgan fingerprint density at radius 3 is 2.40 bits per heavy atom. The largest absolute Gasteiger partial charge is 0.493 e. The number of rotatable bonds is 12. The minimum absolute atomic E-state index is 0. The van der Waals surface area contributed by atoms with Crippen molar-refractivity contribution < 1.29 is 19.0 Å². The molecule has 190 valence electrons. The van der Waals surface area contributed by atoms with Crippen LogP contribution in [0, 0.1) is 0 Å². The van der Waals surface area contributed by atoms with Crippen molar-refractivity contribution in [3.63, 3.8) is 0 Å². The number of nitrogens with zero attached hydrogens (tertiary/aromatic N) is 3. The number of para-hydroxylation sites is 1. The van der Waals surface area contributed by atoms with Crippen molar-refractivity contribution in [2.24, 2.45) is 0 Å². The second-order valence-electron chi connectivity index (χ2n) is 7.50. The average molecular weight is 520 g/mol. The number of hydrogen-bond acceptors (Lipinski definition) is 7. The van der Waals surface area contributed by atoms with Crippen LogP contribution >= 0.6 is 23.7 Å². The highest BCUT2D eigenvalue weighted by Crippen LogP contribution is 2.34. The van der Waals surface area contributed by atoms with Gasteiger partial charge in [-0.3, -0.25) is 9.69 Å². The van der Waals surface area contributed by atoms with Gasteiger partial charge in [-0.25, -0.2) is 4.98 Å². The van der Waals surface area contributed by atoms with Crippen LogP contribution in [0.2, 0.25) is 0 Å². The lowest BCUT2D eigenvalue weighted by atomic mass is 10.2. The van der Waals surface area contributed by atoms with Crippen molar-refractivity contribution in [3.8, 4) is 17.2 Å². The van der Waals surface area contributed by atoms with E-state index in [9.17, 15) is 4.79 Å². The minimum atomic E-state index is -0.126. The molecule has 1 aromatic heterocycles. The summed E-state index contributed by atoms with van der Waals surface area (Å²) in [6.07, 6.45) is 3.37. The summed E-state index contributed by atoms with van der Waals surface area (Å²) in [5.74, 6) is 1.87. The van der Waals surface area contributed by atoms with Crippen LogP contribution in [0.25, 0.3) is 16.3 Å². The number of hydrogen-bond donors (Lipinski definition) is 0. The molecule has 1 heterocycles. The molecule has 0 bridgehead atoms. The monoisotopic (exact) mass is 519 g/mol. The van der Waals surface area contributed by atoms with E-state index >= 15 is 0 Å². The Balaban J connectivity index is 0.00000432. The second kappa shape index (κ2) is 13.9. The van der Waals surface area contributed by atoms with Crippen molar-refractivity contribution in [1.29, 1.82) is 0 Å². The predicted octanol–water partition coefficient (Wildman–Crippen LogP) is 5.52. The van der Waals surface area contributed by atoms with Crippen LogP contribution < -0.4 is 19.1 Å². The highest BCUT2D eigenvalue weighted by Gasteiger charge is 2.20. The van der Waals surface area contributed by atoms with E-state index in [1.807, 2.05) is 43.3 Å². The number of fused-ring (bicyclic) bond motifs is 1. The molecule has 7 nitrogen and oxygen atoms in total. The molecule has 35 heavy (non-hydrogen) atoms. The summed E-state index contributed by atoms with van der Waals surface area (Å²) in [6, 6.07) is 11.4. The summed E-state index contributed by atoms with van der Waals surface area (Å²) in [5, 5.41) is 0.663. The quantitative estimate of drug-likeness (QED) is 0.293. The van der Waals surface area contributed by atoms with Gasteiger partial charge in [0.2, 0.25) is 0 Å². The van der Waals surface area contributed by atoms with Crippen molar-refractivity contribution in [3.05, 3.63) is 48.0 Å². The lowest BCUT2D eigenvalue weighted by molar-refractivity contribution is -0.114. The van der Waals surface area contributed by atoms with Gasteiger partial charge < -0.3 is 19.1 Å². The maximum Gasteiger partial charge on any atom is 0.252 e. The molecule has 1 amide bonds. The zero-order valence-corrected chi connectivity index (χ0v) is 22.6. The van der Waals surface area contributed by atoms with Gasteiger partial charge in [0.25, 0.3) is 5.91 Å². The molecule has 2 aromatic carbocycles. The number of thiazole rings is 1. The average Bonchev–Trinajstić information content (AvgIpc) is 3.30. The third kappa shape index (κ3) is 7.10. The summed E-state index contributed by atoms with van der Waals surface area (Å²) < 4.78 is 17.4. The Kier molecular flexibility index (Phi) is 11.3. The molecular weight excluding hydrogens is 486 g/mol. The van der Waals surface area contributed by atoms with Gasteiger partial charge in [-0.1, -0.05) is 37.3 Å². The van der Waals surface area contributed by atoms with Crippen LogP contribution in [0.4, 0.5) is 5.13 Å². The number of carbonyl (C=O) groups excluding carboxylic acids is 1. The molecule has 0 aliphatic carbocycles. The topological polar surface area (TPSA) is 64.1 Å². The molecule has 0 atom stereocenters. The number of aromatic nitrogens is 1. The van der Waals surface area contributed by atoms with Gasteiger partial charge in [0.05, 0.1) is 25.5 Å². The Hall–Kier alpha value is -2.81. The molecule has 3 aromatic rings. The van der Waals surface area contributed by atoms with Crippen molar-refractivity contribution in [2.75, 3.05) is 51.9 Å². The standard InChI is InChI=1S/C26H33N3O4S.ClH/c1-6-28(7-2)16-17-29(26-27-25-21(33-8-3)10-9-11-23(25)34-26)24(30)15-13-19-12-14-20(31-4)22(18-19)32-5;/h9-15,18H,6-8,16-17H2,1-5H3;1H. The van der Waals surface area contributed by atoms with Crippen molar-refractivity contribution in [1.82, 2.24) is 9.88 Å².